The highest BCUT2D eigenvalue weighted by Crippen LogP contribution is 2.24. The summed E-state index contributed by atoms with van der Waals surface area (Å²) in [5.41, 5.74) is 3.10. The first-order valence-corrected chi connectivity index (χ1v) is 9.06. The van der Waals surface area contributed by atoms with Gasteiger partial charge in [-0.25, -0.2) is 0 Å². The third kappa shape index (κ3) is 4.21. The quantitative estimate of drug-likeness (QED) is 0.550. The number of nitrogens with zero attached hydrogens (tertiary/aromatic N) is 3. The summed E-state index contributed by atoms with van der Waals surface area (Å²) in [6.45, 7) is 2.02. The molecule has 2 aromatic carbocycles. The van der Waals surface area contributed by atoms with E-state index in [0.717, 1.165) is 21.4 Å². The van der Waals surface area contributed by atoms with Crippen LogP contribution in [0, 0.1) is 6.92 Å². The second-order valence-corrected chi connectivity index (χ2v) is 7.00. The third-order valence-electron chi connectivity index (χ3n) is 3.73. The van der Waals surface area contributed by atoms with Gasteiger partial charge >= 0.3 is 0 Å². The molecule has 5 nitrogen and oxygen atoms in total. The van der Waals surface area contributed by atoms with Gasteiger partial charge in [0.1, 0.15) is 5.69 Å². The van der Waals surface area contributed by atoms with E-state index in [1.807, 2.05) is 55.5 Å². The van der Waals surface area contributed by atoms with Crippen molar-refractivity contribution in [2.45, 2.75) is 24.3 Å². The van der Waals surface area contributed by atoms with Crippen molar-refractivity contribution in [1.82, 2.24) is 14.9 Å². The Labute approximate surface area is 154 Å². The van der Waals surface area contributed by atoms with Gasteiger partial charge in [0, 0.05) is 17.2 Å². The van der Waals surface area contributed by atoms with Gasteiger partial charge in [0.15, 0.2) is 0 Å². The zero-order valence-electron chi connectivity index (χ0n) is 13.6. The molecule has 0 radical (unpaired) electrons. The summed E-state index contributed by atoms with van der Waals surface area (Å²) in [6, 6.07) is 15.5. The van der Waals surface area contributed by atoms with Crippen molar-refractivity contribution < 1.29 is 0 Å². The first kappa shape index (κ1) is 17.5. The molecule has 0 fully saturated rings. The van der Waals surface area contributed by atoms with E-state index in [1.165, 1.54) is 11.8 Å². The lowest BCUT2D eigenvalue weighted by Crippen LogP contribution is -2.33. The van der Waals surface area contributed by atoms with E-state index in [-0.39, 0.29) is 5.56 Å². The fourth-order valence-corrected chi connectivity index (χ4v) is 3.43. The van der Waals surface area contributed by atoms with Gasteiger partial charge in [-0.05, 0) is 24.1 Å². The van der Waals surface area contributed by atoms with Crippen molar-refractivity contribution >= 4 is 23.4 Å². The molecule has 0 unspecified atom stereocenters. The number of hydrogen-bond donors (Lipinski definition) is 1. The number of benzene rings is 2. The lowest BCUT2D eigenvalue weighted by molar-refractivity contribution is 0.672. The number of aromatic nitrogens is 3. The predicted molar refractivity (Wildman–Crippen MR) is 101 cm³/mol. The highest BCUT2D eigenvalue weighted by molar-refractivity contribution is 7.98. The van der Waals surface area contributed by atoms with Crippen LogP contribution >= 0.6 is 23.4 Å². The number of nitrogens with two attached hydrogens (primary N) is 1. The molecule has 0 spiro atoms. The molecule has 0 saturated carbocycles. The van der Waals surface area contributed by atoms with Crippen LogP contribution in [0.5, 0.6) is 0 Å². The number of aryl methyl sites for hydroxylation is 1. The molecule has 0 amide bonds. The molecule has 0 atom stereocenters. The summed E-state index contributed by atoms with van der Waals surface area (Å²) in [7, 11) is 0. The van der Waals surface area contributed by atoms with Crippen molar-refractivity contribution in [3.05, 3.63) is 86.3 Å². The van der Waals surface area contributed by atoms with E-state index in [0.29, 0.717) is 28.0 Å². The van der Waals surface area contributed by atoms with E-state index in [9.17, 15) is 4.79 Å². The molecule has 0 aliphatic heterocycles. The van der Waals surface area contributed by atoms with E-state index in [2.05, 4.69) is 10.2 Å². The number of rotatable bonds is 5. The van der Waals surface area contributed by atoms with Crippen LogP contribution in [0.15, 0.2) is 58.5 Å². The maximum atomic E-state index is 12.4. The summed E-state index contributed by atoms with van der Waals surface area (Å²) in [4.78, 5) is 12.4. The molecular weight excluding hydrogens is 356 g/mol. The maximum absolute atomic E-state index is 12.4. The van der Waals surface area contributed by atoms with Gasteiger partial charge in [-0.2, -0.15) is 4.68 Å². The summed E-state index contributed by atoms with van der Waals surface area (Å²) in [5.74, 6) is 6.47. The Hall–Kier alpha value is -2.31. The molecule has 3 aromatic rings. The minimum Gasteiger partial charge on any atom is -0.334 e. The molecular formula is C18H17ClN4OS. The summed E-state index contributed by atoms with van der Waals surface area (Å²) in [5, 5.41) is 9.21. The Kier molecular flexibility index (Phi) is 5.40. The number of hydrogen-bond acceptors (Lipinski definition) is 5. The largest absolute Gasteiger partial charge is 0.334 e. The molecule has 7 heteroatoms. The standard InChI is InChI=1S/C18H17ClN4OS/c1-12-6-8-13(9-7-12)10-16-17(24)23(20)18(22-21-16)25-11-14-4-2-3-5-15(14)19/h2-9H,10-11,20H2,1H3. The van der Waals surface area contributed by atoms with Crippen LogP contribution in [0.4, 0.5) is 0 Å². The van der Waals surface area contributed by atoms with Gasteiger partial charge in [-0.3, -0.25) is 4.79 Å². The molecule has 1 heterocycles. The predicted octanol–water partition coefficient (Wildman–Crippen LogP) is 3.20. The molecule has 128 valence electrons. The van der Waals surface area contributed by atoms with E-state index in [1.54, 1.807) is 0 Å². The molecule has 25 heavy (non-hydrogen) atoms. The summed E-state index contributed by atoms with van der Waals surface area (Å²) < 4.78 is 1.05. The van der Waals surface area contributed by atoms with Crippen LogP contribution in [-0.2, 0) is 12.2 Å². The normalized spacial score (nSPS) is 10.8. The van der Waals surface area contributed by atoms with Crippen molar-refractivity contribution in [3.8, 4) is 0 Å². The average Bonchev–Trinajstić information content (AvgIpc) is 2.61. The molecule has 0 aliphatic rings. The number of nitrogen functional groups attached to an aromatic ring is 1. The third-order valence-corrected chi connectivity index (χ3v) is 5.10. The van der Waals surface area contributed by atoms with Gasteiger partial charge in [0.2, 0.25) is 5.16 Å². The van der Waals surface area contributed by atoms with Crippen molar-refractivity contribution in [3.63, 3.8) is 0 Å². The highest BCUT2D eigenvalue weighted by atomic mass is 35.5. The Morgan fingerprint density at radius 2 is 1.84 bits per heavy atom. The monoisotopic (exact) mass is 372 g/mol. The first-order chi connectivity index (χ1) is 12.0. The van der Waals surface area contributed by atoms with Gasteiger partial charge in [0.05, 0.1) is 0 Å². The zero-order valence-corrected chi connectivity index (χ0v) is 15.2. The molecule has 0 aliphatic carbocycles. The summed E-state index contributed by atoms with van der Waals surface area (Å²) >= 11 is 7.46. The summed E-state index contributed by atoms with van der Waals surface area (Å²) in [6.07, 6.45) is 0.402. The molecule has 0 saturated heterocycles. The van der Waals surface area contributed by atoms with Gasteiger partial charge in [-0.1, -0.05) is 71.4 Å². The Morgan fingerprint density at radius 3 is 2.56 bits per heavy atom. The average molecular weight is 373 g/mol. The lowest BCUT2D eigenvalue weighted by atomic mass is 10.1. The van der Waals surface area contributed by atoms with Crippen LogP contribution < -0.4 is 11.4 Å². The van der Waals surface area contributed by atoms with Gasteiger partial charge < -0.3 is 5.84 Å². The Morgan fingerprint density at radius 1 is 1.12 bits per heavy atom. The Bertz CT molecular complexity index is 941. The van der Waals surface area contributed by atoms with Crippen molar-refractivity contribution in [1.29, 1.82) is 0 Å². The zero-order chi connectivity index (χ0) is 17.8. The maximum Gasteiger partial charge on any atom is 0.294 e. The van der Waals surface area contributed by atoms with Crippen LogP contribution in [-0.4, -0.2) is 14.9 Å². The second-order valence-electron chi connectivity index (χ2n) is 5.65. The minimum absolute atomic E-state index is 0.327. The number of thioether (sulfide) groups is 1. The smallest absolute Gasteiger partial charge is 0.294 e. The second kappa shape index (κ2) is 7.72. The SMILES string of the molecule is Cc1ccc(Cc2nnc(SCc3ccccc3Cl)n(N)c2=O)cc1. The van der Waals surface area contributed by atoms with Gasteiger partial charge in [-0.15, -0.1) is 10.2 Å². The van der Waals surface area contributed by atoms with E-state index in [4.69, 9.17) is 17.4 Å². The van der Waals surface area contributed by atoms with Crippen molar-refractivity contribution in [2.75, 3.05) is 5.84 Å². The fraction of sp³-hybridized carbons (Fsp3) is 0.167. The fourth-order valence-electron chi connectivity index (χ4n) is 2.29. The molecule has 0 bridgehead atoms. The molecule has 1 aromatic heterocycles. The number of halogens is 1. The lowest BCUT2D eigenvalue weighted by Gasteiger charge is -2.08. The van der Waals surface area contributed by atoms with Crippen molar-refractivity contribution in [2.24, 2.45) is 0 Å². The van der Waals surface area contributed by atoms with Crippen LogP contribution in [0.3, 0.4) is 0 Å². The van der Waals surface area contributed by atoms with Crippen LogP contribution in [0.25, 0.3) is 0 Å². The molecule has 2 N–H and O–H groups in total. The van der Waals surface area contributed by atoms with Crippen LogP contribution in [0.2, 0.25) is 5.02 Å². The Balaban J connectivity index is 1.77. The highest BCUT2D eigenvalue weighted by Gasteiger charge is 2.12. The van der Waals surface area contributed by atoms with Crippen LogP contribution in [0.1, 0.15) is 22.4 Å². The topological polar surface area (TPSA) is 73.8 Å². The minimum atomic E-state index is -0.336. The molecule has 3 rings (SSSR count). The first-order valence-electron chi connectivity index (χ1n) is 7.70. The van der Waals surface area contributed by atoms with E-state index >= 15 is 0 Å². The van der Waals surface area contributed by atoms with E-state index < -0.39 is 0 Å². The van der Waals surface area contributed by atoms with Gasteiger partial charge in [0.25, 0.3) is 5.56 Å².